The van der Waals surface area contributed by atoms with Crippen molar-refractivity contribution in [2.75, 3.05) is 7.05 Å². The maximum Gasteiger partial charge on any atom is 0.457 e. The van der Waals surface area contributed by atoms with Gasteiger partial charge in [-0.3, -0.25) is 4.79 Å². The van der Waals surface area contributed by atoms with E-state index in [1.54, 1.807) is 7.05 Å². The lowest BCUT2D eigenvalue weighted by molar-refractivity contribution is -0.257. The molecule has 2 bridgehead atoms. The fraction of sp³-hybridized carbons (Fsp3) is 0.933. The highest BCUT2D eigenvalue weighted by Gasteiger charge is 2.75. The molecule has 21 heavy (non-hydrogen) atoms. The molecule has 1 aliphatic heterocycles. The van der Waals surface area contributed by atoms with Crippen LogP contribution in [0.5, 0.6) is 0 Å². The monoisotopic (exact) mass is 295 g/mol. The van der Waals surface area contributed by atoms with Gasteiger partial charge in [0.1, 0.15) is 6.04 Å². The van der Waals surface area contributed by atoms with E-state index >= 15 is 0 Å². The van der Waals surface area contributed by atoms with Gasteiger partial charge in [0.05, 0.1) is 11.2 Å². The number of rotatable bonds is 5. The summed E-state index contributed by atoms with van der Waals surface area (Å²) in [7, 11) is 1.40. The highest BCUT2D eigenvalue weighted by Crippen LogP contribution is 2.70. The molecule has 3 saturated carbocycles. The van der Waals surface area contributed by atoms with E-state index in [1.165, 1.54) is 6.42 Å². The maximum absolute atomic E-state index is 11.1. The Balaban J connectivity index is 1.68. The van der Waals surface area contributed by atoms with E-state index in [1.807, 2.05) is 0 Å². The first-order valence-corrected chi connectivity index (χ1v) is 8.01. The van der Waals surface area contributed by atoms with Gasteiger partial charge in [-0.05, 0) is 57.3 Å². The average Bonchev–Trinajstić information content (AvgIpc) is 2.73. The average molecular weight is 295 g/mol. The summed E-state index contributed by atoms with van der Waals surface area (Å²) in [4.78, 5) is 11.1. The fourth-order valence-corrected chi connectivity index (χ4v) is 4.90. The maximum atomic E-state index is 11.1. The Kier molecular flexibility index (Phi) is 3.43. The van der Waals surface area contributed by atoms with Gasteiger partial charge in [-0.1, -0.05) is 13.8 Å². The van der Waals surface area contributed by atoms with Crippen LogP contribution < -0.4 is 5.32 Å². The zero-order chi connectivity index (χ0) is 15.5. The molecule has 2 N–H and O–H groups in total. The molecule has 0 unspecified atom stereocenters. The van der Waals surface area contributed by atoms with Gasteiger partial charge in [-0.25, -0.2) is 0 Å². The number of nitrogens with one attached hydrogen (secondary N) is 1. The molecule has 1 heterocycles. The van der Waals surface area contributed by atoms with Crippen LogP contribution in [0.25, 0.3) is 0 Å². The molecule has 1 spiro atoms. The number of hydrogen-bond acceptors (Lipinski definition) is 4. The highest BCUT2D eigenvalue weighted by molar-refractivity contribution is 6.45. The van der Waals surface area contributed by atoms with Gasteiger partial charge in [0.15, 0.2) is 0 Å². The van der Waals surface area contributed by atoms with E-state index in [-0.39, 0.29) is 23.7 Å². The second-order valence-electron chi connectivity index (χ2n) is 7.64. The standard InChI is InChI=1S/C15H26BNO4/c1-13(2)10-5-7-14(3)15(13,9-10)21-16(20-14)8-6-11(17-4)12(18)19/h10-11,17H,5-9H2,1-4H3,(H,18,19)/t10-,11-,14-,15-/m0/s1. The second-order valence-corrected chi connectivity index (χ2v) is 7.64. The van der Waals surface area contributed by atoms with E-state index in [9.17, 15) is 4.79 Å². The molecule has 0 radical (unpaired) electrons. The molecule has 3 aliphatic carbocycles. The van der Waals surface area contributed by atoms with E-state index in [2.05, 4.69) is 26.1 Å². The number of hydrogen-bond donors (Lipinski definition) is 2. The van der Waals surface area contributed by atoms with E-state index < -0.39 is 12.0 Å². The smallest absolute Gasteiger partial charge is 0.457 e. The zero-order valence-electron chi connectivity index (χ0n) is 13.4. The SMILES string of the molecule is CN[C@@H](CCB1O[C@]23C[C@H](CC[C@]2(C)O1)C3(C)C)C(=O)O. The predicted molar refractivity (Wildman–Crippen MR) is 80.1 cm³/mol. The van der Waals surface area contributed by atoms with Crippen LogP contribution in [0.4, 0.5) is 0 Å². The van der Waals surface area contributed by atoms with E-state index in [0.717, 1.165) is 18.8 Å². The summed E-state index contributed by atoms with van der Waals surface area (Å²) >= 11 is 0. The molecule has 6 heteroatoms. The van der Waals surface area contributed by atoms with Gasteiger partial charge >= 0.3 is 13.1 Å². The Morgan fingerprint density at radius 2 is 2.14 bits per heavy atom. The molecule has 4 rings (SSSR count). The molecule has 0 aromatic rings. The molecule has 5 nitrogen and oxygen atoms in total. The Labute approximate surface area is 126 Å². The van der Waals surface area contributed by atoms with Crippen LogP contribution >= 0.6 is 0 Å². The third kappa shape index (κ3) is 1.92. The summed E-state index contributed by atoms with van der Waals surface area (Å²) < 4.78 is 12.6. The summed E-state index contributed by atoms with van der Waals surface area (Å²) in [6.45, 7) is 6.76. The van der Waals surface area contributed by atoms with Crippen molar-refractivity contribution in [3.63, 3.8) is 0 Å². The number of likely N-dealkylation sites (N-methyl/N-ethyl adjacent to an activating group) is 1. The van der Waals surface area contributed by atoms with Crippen molar-refractivity contribution in [3.05, 3.63) is 0 Å². The molecule has 4 fully saturated rings. The first kappa shape index (κ1) is 15.3. The van der Waals surface area contributed by atoms with E-state index in [0.29, 0.717) is 12.7 Å². The van der Waals surface area contributed by atoms with E-state index in [4.69, 9.17) is 14.4 Å². The van der Waals surface area contributed by atoms with Crippen LogP contribution in [0.1, 0.15) is 46.5 Å². The minimum absolute atomic E-state index is 0.157. The Morgan fingerprint density at radius 3 is 2.67 bits per heavy atom. The summed E-state index contributed by atoms with van der Waals surface area (Å²) in [5.74, 6) is -0.0849. The molecular formula is C15H26BNO4. The Hall–Kier alpha value is -0.585. The first-order valence-electron chi connectivity index (χ1n) is 8.01. The topological polar surface area (TPSA) is 67.8 Å². The largest absolute Gasteiger partial charge is 0.480 e. The highest BCUT2D eigenvalue weighted by atomic mass is 16.7. The lowest BCUT2D eigenvalue weighted by Crippen LogP contribution is -2.73. The van der Waals surface area contributed by atoms with Crippen LogP contribution in [-0.2, 0) is 14.1 Å². The van der Waals surface area contributed by atoms with Crippen LogP contribution in [0.15, 0.2) is 0 Å². The van der Waals surface area contributed by atoms with Gasteiger partial charge in [-0.15, -0.1) is 0 Å². The predicted octanol–water partition coefficient (Wildman–Crippen LogP) is 1.92. The fourth-order valence-electron chi connectivity index (χ4n) is 4.90. The Morgan fingerprint density at radius 1 is 1.43 bits per heavy atom. The van der Waals surface area contributed by atoms with Crippen LogP contribution in [0.2, 0.25) is 6.32 Å². The first-order chi connectivity index (χ1) is 9.76. The zero-order valence-corrected chi connectivity index (χ0v) is 13.4. The normalized spacial score (nSPS) is 41.3. The second kappa shape index (κ2) is 4.70. The minimum atomic E-state index is -0.818. The van der Waals surface area contributed by atoms with Crippen molar-refractivity contribution in [2.24, 2.45) is 11.3 Å². The van der Waals surface area contributed by atoms with Gasteiger partial charge in [0.25, 0.3) is 0 Å². The summed E-state index contributed by atoms with van der Waals surface area (Å²) in [6.07, 6.45) is 4.48. The van der Waals surface area contributed by atoms with Crippen molar-refractivity contribution < 1.29 is 19.2 Å². The summed E-state index contributed by atoms with van der Waals surface area (Å²) in [5.41, 5.74) is -0.232. The third-order valence-corrected chi connectivity index (χ3v) is 6.48. The lowest BCUT2D eigenvalue weighted by atomic mass is 9.41. The van der Waals surface area contributed by atoms with Crippen molar-refractivity contribution in [1.82, 2.24) is 5.32 Å². The molecule has 4 aliphatic rings. The van der Waals surface area contributed by atoms with Crippen molar-refractivity contribution in [3.8, 4) is 0 Å². The number of carboxylic acid groups (broad SMARTS) is 1. The van der Waals surface area contributed by atoms with Crippen LogP contribution in [-0.4, -0.2) is 42.5 Å². The number of carboxylic acids is 1. The number of carbonyl (C=O) groups is 1. The summed E-state index contributed by atoms with van der Waals surface area (Å²) in [6, 6.07) is -0.535. The lowest BCUT2D eigenvalue weighted by Gasteiger charge is -2.69. The van der Waals surface area contributed by atoms with Crippen LogP contribution in [0, 0.1) is 11.3 Å². The van der Waals surface area contributed by atoms with Gasteiger partial charge in [0.2, 0.25) is 0 Å². The molecule has 0 amide bonds. The molecule has 4 atom stereocenters. The van der Waals surface area contributed by atoms with Gasteiger partial charge in [-0.2, -0.15) is 0 Å². The minimum Gasteiger partial charge on any atom is -0.480 e. The van der Waals surface area contributed by atoms with Gasteiger partial charge in [0, 0.05) is 0 Å². The molecule has 1 saturated heterocycles. The quantitative estimate of drug-likeness (QED) is 0.758. The van der Waals surface area contributed by atoms with Gasteiger partial charge < -0.3 is 19.7 Å². The number of aliphatic carboxylic acids is 1. The molecular weight excluding hydrogens is 269 g/mol. The van der Waals surface area contributed by atoms with Crippen molar-refractivity contribution >= 4 is 13.1 Å². The van der Waals surface area contributed by atoms with Crippen molar-refractivity contribution in [2.45, 2.75) is 70.0 Å². The molecule has 118 valence electrons. The Bertz CT molecular complexity index is 457. The van der Waals surface area contributed by atoms with Crippen LogP contribution in [0.3, 0.4) is 0 Å². The van der Waals surface area contributed by atoms with Crippen molar-refractivity contribution in [1.29, 1.82) is 0 Å². The summed E-state index contributed by atoms with van der Waals surface area (Å²) in [5, 5.41) is 11.9. The molecule has 0 aromatic carbocycles. The third-order valence-electron chi connectivity index (χ3n) is 6.48. The number of fused-ring (bicyclic) bond motifs is 1. The molecule has 0 aromatic heterocycles.